The average Bonchev–Trinajstić information content (AvgIpc) is 2.99. The number of imide groups is 1. The lowest BCUT2D eigenvalue weighted by Crippen LogP contribution is -2.42. The Kier molecular flexibility index (Phi) is 6.94. The van der Waals surface area contributed by atoms with Crippen LogP contribution >= 0.6 is 27.7 Å². The zero-order valence-electron chi connectivity index (χ0n) is 16.1. The van der Waals surface area contributed by atoms with Crippen LogP contribution < -0.4 is 4.74 Å². The van der Waals surface area contributed by atoms with E-state index in [1.807, 2.05) is 0 Å². The second-order valence-corrected chi connectivity index (χ2v) is 8.26. The number of methoxy groups -OCH3 is 1. The fourth-order valence-corrected chi connectivity index (χ4v) is 4.06. The molecule has 6 nitrogen and oxygen atoms in total. The summed E-state index contributed by atoms with van der Waals surface area (Å²) >= 11 is 4.11. The lowest BCUT2D eigenvalue weighted by atomic mass is 10.1. The van der Waals surface area contributed by atoms with Gasteiger partial charge < -0.3 is 9.47 Å². The van der Waals surface area contributed by atoms with Crippen LogP contribution in [-0.4, -0.2) is 35.2 Å². The summed E-state index contributed by atoms with van der Waals surface area (Å²) in [4.78, 5) is 37.8. The minimum absolute atomic E-state index is 0.126. The van der Waals surface area contributed by atoms with Gasteiger partial charge in [-0.15, -0.1) is 0 Å². The number of hydrogen-bond acceptors (Lipinski definition) is 6. The summed E-state index contributed by atoms with van der Waals surface area (Å²) < 4.78 is 24.6. The van der Waals surface area contributed by atoms with Crippen LogP contribution in [0.1, 0.15) is 18.1 Å². The molecule has 1 fully saturated rings. The highest BCUT2D eigenvalue weighted by atomic mass is 79.9. The summed E-state index contributed by atoms with van der Waals surface area (Å²) in [7, 11) is 1.19. The molecule has 1 saturated heterocycles. The molecule has 1 aliphatic rings. The Balaban J connectivity index is 1.86. The highest BCUT2D eigenvalue weighted by Gasteiger charge is 2.41. The SMILES string of the molecule is COC(=O)[C@@H](C)N1C(=O)S/C(=C/c2cc(Br)ccc2OCc2cccc(F)c2)C1=O. The van der Waals surface area contributed by atoms with Gasteiger partial charge in [0.25, 0.3) is 11.1 Å². The third-order valence-electron chi connectivity index (χ3n) is 4.29. The zero-order valence-corrected chi connectivity index (χ0v) is 18.5. The fraction of sp³-hybridized carbons (Fsp3) is 0.190. The summed E-state index contributed by atoms with van der Waals surface area (Å²) in [5.41, 5.74) is 1.20. The molecule has 1 aliphatic heterocycles. The lowest BCUT2D eigenvalue weighted by molar-refractivity contribution is -0.148. The molecule has 0 aliphatic carbocycles. The molecule has 2 aromatic carbocycles. The molecule has 0 N–H and O–H groups in total. The molecule has 0 saturated carbocycles. The van der Waals surface area contributed by atoms with Gasteiger partial charge in [0.1, 0.15) is 24.2 Å². The van der Waals surface area contributed by atoms with Crippen molar-refractivity contribution in [3.63, 3.8) is 0 Å². The fourth-order valence-electron chi connectivity index (χ4n) is 2.78. The number of ether oxygens (including phenoxy) is 2. The van der Waals surface area contributed by atoms with Crippen LogP contribution in [-0.2, 0) is 20.9 Å². The van der Waals surface area contributed by atoms with E-state index in [2.05, 4.69) is 20.7 Å². The Hall–Kier alpha value is -2.65. The summed E-state index contributed by atoms with van der Waals surface area (Å²) in [5.74, 6) is -1.17. The molecule has 0 radical (unpaired) electrons. The number of carbonyl (C=O) groups is 3. The van der Waals surface area contributed by atoms with Crippen LogP contribution in [0.15, 0.2) is 51.8 Å². The van der Waals surface area contributed by atoms with Gasteiger partial charge in [-0.1, -0.05) is 28.1 Å². The van der Waals surface area contributed by atoms with Crippen molar-refractivity contribution < 1.29 is 28.2 Å². The number of rotatable bonds is 6. The van der Waals surface area contributed by atoms with Crippen molar-refractivity contribution in [3.05, 3.63) is 68.8 Å². The first-order valence-electron chi connectivity index (χ1n) is 8.82. The lowest BCUT2D eigenvalue weighted by Gasteiger charge is -2.18. The number of thioether (sulfide) groups is 1. The number of benzene rings is 2. The Morgan fingerprint density at radius 3 is 2.73 bits per heavy atom. The first-order chi connectivity index (χ1) is 14.3. The van der Waals surface area contributed by atoms with Crippen LogP contribution in [0.25, 0.3) is 6.08 Å². The summed E-state index contributed by atoms with van der Waals surface area (Å²) in [6, 6.07) is 10.2. The quantitative estimate of drug-likeness (QED) is 0.426. The number of hydrogen-bond donors (Lipinski definition) is 0. The summed E-state index contributed by atoms with van der Waals surface area (Å²) in [5, 5.41) is -0.554. The van der Waals surface area contributed by atoms with Crippen LogP contribution in [0.4, 0.5) is 9.18 Å². The Morgan fingerprint density at radius 1 is 1.27 bits per heavy atom. The van der Waals surface area contributed by atoms with Crippen molar-refractivity contribution in [1.29, 1.82) is 0 Å². The number of halogens is 2. The van der Waals surface area contributed by atoms with Gasteiger partial charge in [-0.3, -0.25) is 14.5 Å². The third-order valence-corrected chi connectivity index (χ3v) is 5.67. The minimum atomic E-state index is -1.03. The highest BCUT2D eigenvalue weighted by molar-refractivity contribution is 9.10. The van der Waals surface area contributed by atoms with E-state index in [1.165, 1.54) is 32.2 Å². The van der Waals surface area contributed by atoms with Gasteiger partial charge in [0.15, 0.2) is 0 Å². The van der Waals surface area contributed by atoms with E-state index in [-0.39, 0.29) is 17.3 Å². The first kappa shape index (κ1) is 22.0. The van der Waals surface area contributed by atoms with Crippen molar-refractivity contribution in [2.45, 2.75) is 19.6 Å². The van der Waals surface area contributed by atoms with Crippen molar-refractivity contribution in [1.82, 2.24) is 4.90 Å². The molecule has 9 heteroatoms. The Morgan fingerprint density at radius 2 is 2.03 bits per heavy atom. The van der Waals surface area contributed by atoms with Gasteiger partial charge in [0.2, 0.25) is 0 Å². The molecule has 0 bridgehead atoms. The van der Waals surface area contributed by atoms with Crippen LogP contribution in [0.3, 0.4) is 0 Å². The maximum absolute atomic E-state index is 13.4. The van der Waals surface area contributed by atoms with Crippen molar-refractivity contribution in [2.75, 3.05) is 7.11 Å². The normalized spacial score (nSPS) is 16.1. The molecular formula is C21H17BrFNO5S. The molecule has 1 atom stereocenters. The maximum Gasteiger partial charge on any atom is 0.328 e. The molecule has 1 heterocycles. The topological polar surface area (TPSA) is 72.9 Å². The van der Waals surface area contributed by atoms with Gasteiger partial charge >= 0.3 is 5.97 Å². The van der Waals surface area contributed by atoms with Gasteiger partial charge in [-0.2, -0.15) is 0 Å². The molecule has 0 unspecified atom stereocenters. The summed E-state index contributed by atoms with van der Waals surface area (Å²) in [6.07, 6.45) is 1.53. The monoisotopic (exact) mass is 493 g/mol. The van der Waals surface area contributed by atoms with Crippen LogP contribution in [0.2, 0.25) is 0 Å². The predicted molar refractivity (Wildman–Crippen MR) is 114 cm³/mol. The van der Waals surface area contributed by atoms with Gasteiger partial charge in [0.05, 0.1) is 12.0 Å². The Labute approximate surface area is 185 Å². The standard InChI is InChI=1S/C21H17BrFNO5S/c1-12(20(26)28-2)24-19(25)18(30-21(24)27)10-14-9-15(22)6-7-17(14)29-11-13-4-3-5-16(23)8-13/h3-10,12H,11H2,1-2H3/b18-10+/t12-/m1/s1. The van der Waals surface area contributed by atoms with E-state index in [1.54, 1.807) is 30.3 Å². The van der Waals surface area contributed by atoms with Crippen LogP contribution in [0.5, 0.6) is 5.75 Å². The van der Waals surface area contributed by atoms with E-state index >= 15 is 0 Å². The van der Waals surface area contributed by atoms with Crippen molar-refractivity contribution in [3.8, 4) is 5.75 Å². The van der Waals surface area contributed by atoms with Crippen LogP contribution in [0, 0.1) is 5.82 Å². The third kappa shape index (κ3) is 4.91. The molecule has 2 aromatic rings. The van der Waals surface area contributed by atoms with E-state index < -0.39 is 23.2 Å². The molecule has 0 aromatic heterocycles. The zero-order chi connectivity index (χ0) is 21.8. The number of carbonyl (C=O) groups excluding carboxylic acids is 3. The van der Waals surface area contributed by atoms with Crippen molar-refractivity contribution in [2.24, 2.45) is 0 Å². The number of esters is 1. The molecule has 156 valence electrons. The first-order valence-corrected chi connectivity index (χ1v) is 10.4. The molecule has 0 spiro atoms. The number of amides is 2. The van der Waals surface area contributed by atoms with Gasteiger partial charge in [0, 0.05) is 10.0 Å². The average molecular weight is 494 g/mol. The Bertz CT molecular complexity index is 1040. The molecular weight excluding hydrogens is 477 g/mol. The molecule has 3 rings (SSSR count). The van der Waals surface area contributed by atoms with E-state index in [9.17, 15) is 18.8 Å². The second-order valence-electron chi connectivity index (χ2n) is 6.35. The second kappa shape index (κ2) is 9.44. The van der Waals surface area contributed by atoms with Gasteiger partial charge in [-0.25, -0.2) is 9.18 Å². The van der Waals surface area contributed by atoms with E-state index in [4.69, 9.17) is 4.74 Å². The molecule has 2 amide bonds. The van der Waals surface area contributed by atoms with E-state index in [0.717, 1.165) is 21.1 Å². The largest absolute Gasteiger partial charge is 0.488 e. The molecule has 30 heavy (non-hydrogen) atoms. The van der Waals surface area contributed by atoms with Gasteiger partial charge in [-0.05, 0) is 60.7 Å². The maximum atomic E-state index is 13.4. The smallest absolute Gasteiger partial charge is 0.328 e. The minimum Gasteiger partial charge on any atom is -0.488 e. The highest BCUT2D eigenvalue weighted by Crippen LogP contribution is 2.36. The number of nitrogens with zero attached hydrogens (tertiary/aromatic N) is 1. The predicted octanol–water partition coefficient (Wildman–Crippen LogP) is 4.77. The summed E-state index contributed by atoms with van der Waals surface area (Å²) in [6.45, 7) is 1.55. The van der Waals surface area contributed by atoms with Crippen molar-refractivity contribution >= 4 is 50.9 Å². The van der Waals surface area contributed by atoms with E-state index in [0.29, 0.717) is 16.9 Å².